The van der Waals surface area contributed by atoms with Crippen molar-refractivity contribution in [3.05, 3.63) is 5.56 Å². The van der Waals surface area contributed by atoms with Gasteiger partial charge in [-0.3, -0.25) is 0 Å². The van der Waals surface area contributed by atoms with Gasteiger partial charge in [0.2, 0.25) is 0 Å². The molecule has 0 unspecified atom stereocenters. The molecule has 1 aromatic rings. The molecule has 0 atom stereocenters. The van der Waals surface area contributed by atoms with Crippen molar-refractivity contribution < 1.29 is 9.53 Å². The quantitative estimate of drug-likeness (QED) is 0.737. The number of nitrogens with zero attached hydrogens (tertiary/aromatic N) is 2. The summed E-state index contributed by atoms with van der Waals surface area (Å²) in [4.78, 5) is 13.7. The van der Waals surface area contributed by atoms with Crippen LogP contribution in [0.4, 0.5) is 10.8 Å². The molecule has 0 aliphatic heterocycles. The van der Waals surface area contributed by atoms with Crippen molar-refractivity contribution in [2.24, 2.45) is 0 Å². The summed E-state index contributed by atoms with van der Waals surface area (Å²) in [6.07, 6.45) is 0. The first-order valence-corrected chi connectivity index (χ1v) is 6.14. The first-order chi connectivity index (χ1) is 8.06. The molecule has 1 rings (SSSR count). The van der Waals surface area contributed by atoms with Crippen LogP contribution >= 0.6 is 11.5 Å². The zero-order chi connectivity index (χ0) is 12.8. The molecule has 0 radical (unpaired) electrons. The Labute approximate surface area is 105 Å². The summed E-state index contributed by atoms with van der Waals surface area (Å²) < 4.78 is 8.89. The molecule has 0 spiro atoms. The van der Waals surface area contributed by atoms with Crippen LogP contribution in [0.3, 0.4) is 0 Å². The van der Waals surface area contributed by atoms with E-state index in [1.807, 2.05) is 19.0 Å². The smallest absolute Gasteiger partial charge is 0.344 e. The topological polar surface area (TPSA) is 80.5 Å². The molecule has 96 valence electrons. The average molecular weight is 258 g/mol. The Kier molecular flexibility index (Phi) is 5.17. The lowest BCUT2D eigenvalue weighted by molar-refractivity contribution is 0.0529. The molecule has 0 bridgehead atoms. The van der Waals surface area contributed by atoms with Gasteiger partial charge in [-0.2, -0.15) is 4.37 Å². The number of nitrogen functional groups attached to an aromatic ring is 1. The van der Waals surface area contributed by atoms with Gasteiger partial charge < -0.3 is 20.7 Å². The van der Waals surface area contributed by atoms with E-state index in [-0.39, 0.29) is 5.82 Å². The van der Waals surface area contributed by atoms with Crippen LogP contribution in [0.5, 0.6) is 0 Å². The van der Waals surface area contributed by atoms with Gasteiger partial charge >= 0.3 is 5.97 Å². The first-order valence-electron chi connectivity index (χ1n) is 5.37. The third kappa shape index (κ3) is 3.86. The number of nitrogens with one attached hydrogen (secondary N) is 1. The zero-order valence-corrected chi connectivity index (χ0v) is 11.1. The number of hydrogen-bond acceptors (Lipinski definition) is 7. The van der Waals surface area contributed by atoms with Gasteiger partial charge in [-0.1, -0.05) is 0 Å². The largest absolute Gasteiger partial charge is 0.462 e. The highest BCUT2D eigenvalue weighted by Crippen LogP contribution is 2.27. The predicted molar refractivity (Wildman–Crippen MR) is 69.5 cm³/mol. The van der Waals surface area contributed by atoms with Crippen LogP contribution in [0.2, 0.25) is 0 Å². The van der Waals surface area contributed by atoms with Crippen LogP contribution in [0.15, 0.2) is 0 Å². The van der Waals surface area contributed by atoms with E-state index < -0.39 is 5.97 Å². The normalized spacial score (nSPS) is 10.6. The summed E-state index contributed by atoms with van der Waals surface area (Å²) in [5.74, 6) is -0.202. The fourth-order valence-electron chi connectivity index (χ4n) is 1.22. The Morgan fingerprint density at radius 3 is 2.88 bits per heavy atom. The highest BCUT2D eigenvalue weighted by Gasteiger charge is 2.20. The maximum Gasteiger partial charge on any atom is 0.344 e. The number of esters is 1. The van der Waals surface area contributed by atoms with E-state index in [2.05, 4.69) is 9.69 Å². The molecule has 0 fully saturated rings. The second-order valence-electron chi connectivity index (χ2n) is 3.72. The molecule has 17 heavy (non-hydrogen) atoms. The van der Waals surface area contributed by atoms with Gasteiger partial charge in [-0.25, -0.2) is 4.79 Å². The second kappa shape index (κ2) is 6.41. The maximum absolute atomic E-state index is 11.7. The summed E-state index contributed by atoms with van der Waals surface area (Å²) in [6.45, 7) is 3.67. The number of nitrogens with two attached hydrogens (primary N) is 1. The van der Waals surface area contributed by atoms with E-state index in [9.17, 15) is 4.79 Å². The molecule has 0 saturated carbocycles. The van der Waals surface area contributed by atoms with Crippen molar-refractivity contribution in [1.82, 2.24) is 9.27 Å². The van der Waals surface area contributed by atoms with Crippen molar-refractivity contribution in [3.8, 4) is 0 Å². The Morgan fingerprint density at radius 1 is 1.59 bits per heavy atom. The summed E-state index contributed by atoms with van der Waals surface area (Å²) in [6, 6.07) is 0. The summed E-state index contributed by atoms with van der Waals surface area (Å²) in [7, 11) is 3.96. The van der Waals surface area contributed by atoms with Crippen molar-refractivity contribution in [1.29, 1.82) is 0 Å². The van der Waals surface area contributed by atoms with Crippen molar-refractivity contribution in [3.63, 3.8) is 0 Å². The highest BCUT2D eigenvalue weighted by atomic mass is 32.1. The van der Waals surface area contributed by atoms with Gasteiger partial charge in [-0.15, -0.1) is 0 Å². The van der Waals surface area contributed by atoms with E-state index in [1.54, 1.807) is 6.92 Å². The fourth-order valence-corrected chi connectivity index (χ4v) is 1.94. The van der Waals surface area contributed by atoms with Crippen molar-refractivity contribution >= 4 is 28.3 Å². The number of rotatable bonds is 6. The molecule has 0 saturated heterocycles. The number of carbonyl (C=O) groups is 1. The standard InChI is InChI=1S/C10H18N4O2S/c1-4-16-10(15)7-8(11)13-17-9(7)12-5-6-14(2)3/h12H,4-6H2,1-3H3,(H2,11,13). The number of hydrogen-bond donors (Lipinski definition) is 2. The van der Waals surface area contributed by atoms with Gasteiger partial charge in [0.1, 0.15) is 10.6 Å². The molecule has 0 amide bonds. The Balaban J connectivity index is 2.69. The minimum absolute atomic E-state index is 0.223. The maximum atomic E-state index is 11.7. The monoisotopic (exact) mass is 258 g/mol. The molecule has 6 nitrogen and oxygen atoms in total. The predicted octanol–water partition coefficient (Wildman–Crippen LogP) is 0.875. The van der Waals surface area contributed by atoms with E-state index in [4.69, 9.17) is 10.5 Å². The first kappa shape index (κ1) is 13.7. The number of aromatic nitrogens is 1. The number of likely N-dealkylation sites (N-methyl/N-ethyl adjacent to an activating group) is 1. The second-order valence-corrected chi connectivity index (χ2v) is 4.50. The molecular formula is C10H18N4O2S. The molecule has 0 aliphatic carbocycles. The van der Waals surface area contributed by atoms with E-state index in [1.165, 1.54) is 11.5 Å². The molecule has 0 aliphatic rings. The minimum atomic E-state index is -0.425. The Morgan fingerprint density at radius 2 is 2.29 bits per heavy atom. The number of anilines is 2. The van der Waals surface area contributed by atoms with Crippen LogP contribution in [-0.4, -0.2) is 49.0 Å². The SMILES string of the molecule is CCOC(=O)c1c(N)nsc1NCCN(C)C. The number of carbonyl (C=O) groups excluding carboxylic acids is 1. The lowest BCUT2D eigenvalue weighted by Crippen LogP contribution is -2.21. The van der Waals surface area contributed by atoms with Crippen molar-refractivity contribution in [2.45, 2.75) is 6.92 Å². The summed E-state index contributed by atoms with van der Waals surface area (Å²) in [5, 5.41) is 3.81. The third-order valence-corrected chi connectivity index (χ3v) is 2.86. The molecular weight excluding hydrogens is 240 g/mol. The fraction of sp³-hybridized carbons (Fsp3) is 0.600. The van der Waals surface area contributed by atoms with Crippen LogP contribution in [0, 0.1) is 0 Å². The Hall–Kier alpha value is -1.34. The van der Waals surface area contributed by atoms with E-state index in [0.29, 0.717) is 17.2 Å². The zero-order valence-electron chi connectivity index (χ0n) is 10.3. The summed E-state index contributed by atoms with van der Waals surface area (Å²) >= 11 is 1.18. The Bertz CT molecular complexity index is 378. The molecule has 7 heteroatoms. The van der Waals surface area contributed by atoms with Crippen LogP contribution < -0.4 is 11.1 Å². The van der Waals surface area contributed by atoms with Crippen LogP contribution in [0.1, 0.15) is 17.3 Å². The van der Waals surface area contributed by atoms with Crippen LogP contribution in [-0.2, 0) is 4.74 Å². The lowest BCUT2D eigenvalue weighted by atomic mass is 10.3. The van der Waals surface area contributed by atoms with E-state index >= 15 is 0 Å². The van der Waals surface area contributed by atoms with Crippen molar-refractivity contribution in [2.75, 3.05) is 44.8 Å². The highest BCUT2D eigenvalue weighted by molar-refractivity contribution is 7.11. The van der Waals surface area contributed by atoms with Gasteiger partial charge in [-0.05, 0) is 32.6 Å². The molecule has 1 aromatic heterocycles. The molecule has 0 aromatic carbocycles. The summed E-state index contributed by atoms with van der Waals surface area (Å²) in [5.41, 5.74) is 6.00. The lowest BCUT2D eigenvalue weighted by Gasteiger charge is -2.10. The van der Waals surface area contributed by atoms with Gasteiger partial charge in [0.15, 0.2) is 5.82 Å². The van der Waals surface area contributed by atoms with E-state index in [0.717, 1.165) is 13.1 Å². The van der Waals surface area contributed by atoms with Crippen LogP contribution in [0.25, 0.3) is 0 Å². The minimum Gasteiger partial charge on any atom is -0.462 e. The van der Waals surface area contributed by atoms with Gasteiger partial charge in [0.25, 0.3) is 0 Å². The molecule has 3 N–H and O–H groups in total. The van der Waals surface area contributed by atoms with Gasteiger partial charge in [0, 0.05) is 13.1 Å². The third-order valence-electron chi connectivity index (χ3n) is 2.04. The number of ether oxygens (including phenoxy) is 1. The average Bonchev–Trinajstić information content (AvgIpc) is 2.60. The van der Waals surface area contributed by atoms with Gasteiger partial charge in [0.05, 0.1) is 6.61 Å². The molecule has 1 heterocycles.